The number of benzene rings is 2. The van der Waals surface area contributed by atoms with Crippen LogP contribution >= 0.6 is 0 Å². The number of ether oxygens (including phenoxy) is 2. The van der Waals surface area contributed by atoms with Gasteiger partial charge in [-0.2, -0.15) is 5.26 Å². The fourth-order valence-electron chi connectivity index (χ4n) is 2.90. The molecular formula is C20H13FN2O3. The van der Waals surface area contributed by atoms with Gasteiger partial charge in [-0.25, -0.2) is 4.39 Å². The van der Waals surface area contributed by atoms with Gasteiger partial charge < -0.3 is 14.5 Å². The van der Waals surface area contributed by atoms with E-state index in [4.69, 9.17) is 9.47 Å². The monoisotopic (exact) mass is 348 g/mol. The molecule has 0 amide bonds. The minimum atomic E-state index is -0.430. The molecule has 2 heterocycles. The third-order valence-corrected chi connectivity index (χ3v) is 4.13. The first-order valence-electron chi connectivity index (χ1n) is 7.98. The van der Waals surface area contributed by atoms with E-state index in [2.05, 4.69) is 4.98 Å². The second-order valence-corrected chi connectivity index (χ2v) is 5.79. The van der Waals surface area contributed by atoms with Crippen molar-refractivity contribution in [2.75, 3.05) is 13.2 Å². The number of carbonyl (C=O) groups excluding carboxylic acids is 1. The lowest BCUT2D eigenvalue weighted by molar-refractivity contribution is 0.104. The number of Topliss-reactive ketones (excluding diaryl/α,β-unsaturated/α-hetero) is 1. The SMILES string of the molecule is N#C/C(=C/c1ccc2c(c1)OCCO2)C(=O)c1c[nH]c2cc(F)ccc12. The molecule has 0 saturated heterocycles. The van der Waals surface area contributed by atoms with Gasteiger partial charge in [-0.15, -0.1) is 0 Å². The minimum Gasteiger partial charge on any atom is -0.486 e. The maximum atomic E-state index is 13.3. The van der Waals surface area contributed by atoms with E-state index >= 15 is 0 Å². The molecule has 0 fully saturated rings. The molecule has 1 aliphatic rings. The smallest absolute Gasteiger partial charge is 0.205 e. The zero-order valence-corrected chi connectivity index (χ0v) is 13.6. The summed E-state index contributed by atoms with van der Waals surface area (Å²) in [5.41, 5.74) is 1.47. The molecule has 4 rings (SSSR count). The quantitative estimate of drug-likeness (QED) is 0.443. The summed E-state index contributed by atoms with van der Waals surface area (Å²) in [7, 11) is 0. The highest BCUT2D eigenvalue weighted by atomic mass is 19.1. The second kappa shape index (κ2) is 6.37. The summed E-state index contributed by atoms with van der Waals surface area (Å²) >= 11 is 0. The van der Waals surface area contributed by atoms with E-state index in [9.17, 15) is 14.4 Å². The molecule has 26 heavy (non-hydrogen) atoms. The van der Waals surface area contributed by atoms with Gasteiger partial charge in [0, 0.05) is 22.7 Å². The summed E-state index contributed by atoms with van der Waals surface area (Å²) in [5, 5.41) is 10.0. The lowest BCUT2D eigenvalue weighted by atomic mass is 10.0. The Morgan fingerprint density at radius 2 is 1.96 bits per heavy atom. The van der Waals surface area contributed by atoms with Crippen molar-refractivity contribution in [1.29, 1.82) is 5.26 Å². The number of fused-ring (bicyclic) bond motifs is 2. The first kappa shape index (κ1) is 15.9. The first-order valence-corrected chi connectivity index (χ1v) is 7.98. The predicted molar refractivity (Wildman–Crippen MR) is 93.6 cm³/mol. The van der Waals surface area contributed by atoms with Gasteiger partial charge in [-0.3, -0.25) is 4.79 Å². The fraction of sp³-hybridized carbons (Fsp3) is 0.100. The third-order valence-electron chi connectivity index (χ3n) is 4.13. The van der Waals surface area contributed by atoms with Crippen molar-refractivity contribution in [3.8, 4) is 17.6 Å². The normalized spacial score (nSPS) is 13.5. The van der Waals surface area contributed by atoms with Gasteiger partial charge in [0.1, 0.15) is 30.7 Å². The largest absolute Gasteiger partial charge is 0.486 e. The Morgan fingerprint density at radius 3 is 2.77 bits per heavy atom. The van der Waals surface area contributed by atoms with E-state index in [1.807, 2.05) is 6.07 Å². The highest BCUT2D eigenvalue weighted by Crippen LogP contribution is 2.31. The summed E-state index contributed by atoms with van der Waals surface area (Å²) in [6.07, 6.45) is 2.99. The molecule has 1 aliphatic heterocycles. The fourth-order valence-corrected chi connectivity index (χ4v) is 2.90. The lowest BCUT2D eigenvalue weighted by Gasteiger charge is -2.18. The maximum Gasteiger partial charge on any atom is 0.205 e. The van der Waals surface area contributed by atoms with Crippen molar-refractivity contribution in [3.05, 3.63) is 65.1 Å². The zero-order valence-electron chi connectivity index (χ0n) is 13.6. The van der Waals surface area contributed by atoms with E-state index in [0.717, 1.165) is 0 Å². The molecule has 128 valence electrons. The maximum absolute atomic E-state index is 13.3. The number of nitriles is 1. The predicted octanol–water partition coefficient (Wildman–Crippen LogP) is 3.87. The molecule has 0 bridgehead atoms. The summed E-state index contributed by atoms with van der Waals surface area (Å²) < 4.78 is 24.3. The molecule has 0 saturated carbocycles. The number of H-pyrrole nitrogens is 1. The van der Waals surface area contributed by atoms with E-state index < -0.39 is 11.6 Å². The van der Waals surface area contributed by atoms with E-state index in [1.54, 1.807) is 18.2 Å². The molecule has 0 unspecified atom stereocenters. The van der Waals surface area contributed by atoms with E-state index in [1.165, 1.54) is 30.5 Å². The van der Waals surface area contributed by atoms with Crippen LogP contribution in [0.3, 0.4) is 0 Å². The Kier molecular flexibility index (Phi) is 3.90. The van der Waals surface area contributed by atoms with Crippen LogP contribution in [-0.2, 0) is 0 Å². The summed E-state index contributed by atoms with van der Waals surface area (Å²) in [6.45, 7) is 0.946. The number of allylic oxidation sites excluding steroid dienone is 1. The van der Waals surface area contributed by atoms with Crippen LogP contribution in [0, 0.1) is 17.1 Å². The van der Waals surface area contributed by atoms with Gasteiger partial charge >= 0.3 is 0 Å². The lowest BCUT2D eigenvalue weighted by Crippen LogP contribution is -2.15. The van der Waals surface area contributed by atoms with E-state index in [0.29, 0.717) is 46.7 Å². The average Bonchev–Trinajstić information content (AvgIpc) is 3.08. The number of aromatic nitrogens is 1. The first-order chi connectivity index (χ1) is 12.7. The van der Waals surface area contributed by atoms with Gasteiger partial charge in [0.15, 0.2) is 11.5 Å². The molecule has 0 atom stereocenters. The number of halogens is 1. The van der Waals surface area contributed by atoms with Crippen molar-refractivity contribution in [2.24, 2.45) is 0 Å². The second-order valence-electron chi connectivity index (χ2n) is 5.79. The van der Waals surface area contributed by atoms with Crippen molar-refractivity contribution >= 4 is 22.8 Å². The molecule has 0 aliphatic carbocycles. The number of nitrogens with zero attached hydrogens (tertiary/aromatic N) is 1. The topological polar surface area (TPSA) is 75.1 Å². The van der Waals surface area contributed by atoms with Crippen LogP contribution in [0.1, 0.15) is 15.9 Å². The number of carbonyl (C=O) groups is 1. The summed E-state index contributed by atoms with van der Waals surface area (Å²) in [5.74, 6) is 0.389. The average molecular weight is 348 g/mol. The number of rotatable bonds is 3. The van der Waals surface area contributed by atoms with Crippen LogP contribution in [0.2, 0.25) is 0 Å². The number of ketones is 1. The molecule has 5 nitrogen and oxygen atoms in total. The highest BCUT2D eigenvalue weighted by molar-refractivity contribution is 6.19. The summed E-state index contributed by atoms with van der Waals surface area (Å²) in [4.78, 5) is 15.6. The van der Waals surface area contributed by atoms with Crippen molar-refractivity contribution in [1.82, 2.24) is 4.98 Å². The molecular weight excluding hydrogens is 335 g/mol. The van der Waals surface area contributed by atoms with Gasteiger partial charge in [-0.05, 0) is 42.0 Å². The molecule has 6 heteroatoms. The van der Waals surface area contributed by atoms with Crippen LogP contribution in [0.25, 0.3) is 17.0 Å². The van der Waals surface area contributed by atoms with E-state index in [-0.39, 0.29) is 5.57 Å². The standard InChI is InChI=1S/C20H13FN2O3/c21-14-2-3-15-16(11-23-17(15)9-14)20(24)13(10-22)7-12-1-4-18-19(8-12)26-6-5-25-18/h1-4,7-9,11,23H,5-6H2/b13-7-. The Morgan fingerprint density at radius 1 is 1.15 bits per heavy atom. The van der Waals surface area contributed by atoms with Crippen LogP contribution in [-0.4, -0.2) is 24.0 Å². The van der Waals surface area contributed by atoms with Crippen LogP contribution < -0.4 is 9.47 Å². The molecule has 2 aromatic carbocycles. The Labute approximate surface area is 148 Å². The van der Waals surface area contributed by atoms with Crippen molar-refractivity contribution in [2.45, 2.75) is 0 Å². The zero-order chi connectivity index (χ0) is 18.1. The molecule has 0 radical (unpaired) electrons. The van der Waals surface area contributed by atoms with Crippen LogP contribution in [0.4, 0.5) is 4.39 Å². The Bertz CT molecular complexity index is 1090. The minimum absolute atomic E-state index is 0.0214. The van der Waals surface area contributed by atoms with Gasteiger partial charge in [0.25, 0.3) is 0 Å². The van der Waals surface area contributed by atoms with Crippen LogP contribution in [0.5, 0.6) is 11.5 Å². The number of hydrogen-bond acceptors (Lipinski definition) is 4. The molecule has 3 aromatic rings. The third kappa shape index (κ3) is 2.80. The van der Waals surface area contributed by atoms with Crippen molar-refractivity contribution in [3.63, 3.8) is 0 Å². The summed E-state index contributed by atoms with van der Waals surface area (Å²) in [6, 6.07) is 11.3. The van der Waals surface area contributed by atoms with Gasteiger partial charge in [-0.1, -0.05) is 6.07 Å². The number of nitrogens with one attached hydrogen (secondary N) is 1. The number of aromatic amines is 1. The molecule has 1 aromatic heterocycles. The van der Waals surface area contributed by atoms with Crippen LogP contribution in [0.15, 0.2) is 48.2 Å². The van der Waals surface area contributed by atoms with Crippen molar-refractivity contribution < 1.29 is 18.7 Å². The number of hydrogen-bond donors (Lipinski definition) is 1. The Balaban J connectivity index is 1.71. The van der Waals surface area contributed by atoms with Gasteiger partial charge in [0.2, 0.25) is 5.78 Å². The highest BCUT2D eigenvalue weighted by Gasteiger charge is 2.18. The molecule has 1 N–H and O–H groups in total. The molecule has 0 spiro atoms. The Hall–Kier alpha value is -3.59. The van der Waals surface area contributed by atoms with Gasteiger partial charge in [0.05, 0.1) is 0 Å².